The number of carbonyl (C=O) groups is 1. The molecule has 0 spiro atoms. The van der Waals surface area contributed by atoms with Gasteiger partial charge in [0.2, 0.25) is 5.78 Å². The van der Waals surface area contributed by atoms with Crippen molar-refractivity contribution >= 4 is 11.9 Å². The van der Waals surface area contributed by atoms with Crippen molar-refractivity contribution in [1.29, 1.82) is 0 Å². The molecule has 2 aromatic rings. The van der Waals surface area contributed by atoms with Gasteiger partial charge in [-0.1, -0.05) is 29.8 Å². The van der Waals surface area contributed by atoms with Gasteiger partial charge in [0, 0.05) is 5.56 Å². The van der Waals surface area contributed by atoms with E-state index in [1.165, 1.54) is 5.56 Å². The van der Waals surface area contributed by atoms with Gasteiger partial charge in [-0.2, -0.15) is 0 Å². The van der Waals surface area contributed by atoms with E-state index in [4.69, 9.17) is 9.47 Å². The lowest BCUT2D eigenvalue weighted by Crippen LogP contribution is -1.97. The second kappa shape index (κ2) is 5.09. The van der Waals surface area contributed by atoms with E-state index in [1.807, 2.05) is 38.1 Å². The highest BCUT2D eigenvalue weighted by atomic mass is 16.5. The number of benzene rings is 2. The fourth-order valence-corrected chi connectivity index (χ4v) is 2.40. The molecule has 0 aromatic heterocycles. The minimum atomic E-state index is -0.0867. The summed E-state index contributed by atoms with van der Waals surface area (Å²) in [5, 5.41) is 0. The zero-order chi connectivity index (χ0) is 15.0. The molecule has 0 N–H and O–H groups in total. The third kappa shape index (κ3) is 2.31. The average molecular weight is 280 g/mol. The molecule has 0 bridgehead atoms. The summed E-state index contributed by atoms with van der Waals surface area (Å²) in [6.07, 6.45) is 1.77. The number of methoxy groups -OCH3 is 1. The van der Waals surface area contributed by atoms with Crippen molar-refractivity contribution in [2.45, 2.75) is 13.8 Å². The lowest BCUT2D eigenvalue weighted by atomic mass is 10.1. The Balaban J connectivity index is 2.00. The van der Waals surface area contributed by atoms with Crippen molar-refractivity contribution in [1.82, 2.24) is 0 Å². The molecule has 2 aromatic carbocycles. The van der Waals surface area contributed by atoms with Crippen LogP contribution >= 0.6 is 0 Å². The smallest absolute Gasteiger partial charge is 0.231 e. The average Bonchev–Trinajstić information content (AvgIpc) is 2.80. The number of rotatable bonds is 2. The van der Waals surface area contributed by atoms with Gasteiger partial charge in [0.1, 0.15) is 11.5 Å². The summed E-state index contributed by atoms with van der Waals surface area (Å²) in [6.45, 7) is 3.92. The van der Waals surface area contributed by atoms with Gasteiger partial charge in [0.25, 0.3) is 0 Å². The Morgan fingerprint density at radius 1 is 1.05 bits per heavy atom. The zero-order valence-corrected chi connectivity index (χ0v) is 12.3. The van der Waals surface area contributed by atoms with Crippen LogP contribution in [0.4, 0.5) is 0 Å². The van der Waals surface area contributed by atoms with E-state index >= 15 is 0 Å². The van der Waals surface area contributed by atoms with Crippen LogP contribution in [-0.4, -0.2) is 12.9 Å². The first-order chi connectivity index (χ1) is 10.1. The molecular weight excluding hydrogens is 264 g/mol. The quantitative estimate of drug-likeness (QED) is 0.782. The molecule has 3 rings (SSSR count). The maximum absolute atomic E-state index is 12.4. The van der Waals surface area contributed by atoms with Gasteiger partial charge >= 0.3 is 0 Å². The normalized spacial score (nSPS) is 15.0. The van der Waals surface area contributed by atoms with Gasteiger partial charge in [0.15, 0.2) is 5.76 Å². The predicted octanol–water partition coefficient (Wildman–Crippen LogP) is 3.93. The largest absolute Gasteiger partial charge is 0.496 e. The van der Waals surface area contributed by atoms with E-state index in [0.29, 0.717) is 17.1 Å². The molecule has 106 valence electrons. The number of hydrogen-bond acceptors (Lipinski definition) is 3. The molecular formula is C18H16O3. The van der Waals surface area contributed by atoms with E-state index in [0.717, 1.165) is 16.9 Å². The van der Waals surface area contributed by atoms with Gasteiger partial charge in [-0.25, -0.2) is 0 Å². The number of aryl methyl sites for hydroxylation is 1. The number of Topliss-reactive ketones (excluding diaryl/α,β-unsaturated/α-hetero) is 1. The summed E-state index contributed by atoms with van der Waals surface area (Å²) < 4.78 is 11.0. The monoisotopic (exact) mass is 280 g/mol. The Labute approximate surface area is 123 Å². The lowest BCUT2D eigenvalue weighted by molar-refractivity contribution is 0.101. The highest BCUT2D eigenvalue weighted by molar-refractivity contribution is 6.14. The molecule has 1 aliphatic rings. The standard InChI is InChI=1S/C18H16O3/c1-11-4-6-13(7-5-11)10-16-17(19)14-8-9-15(20-3)12(2)18(14)21-16/h4-10H,1-3H3/b16-10-. The number of ketones is 1. The molecule has 0 atom stereocenters. The second-order valence-corrected chi connectivity index (χ2v) is 5.12. The maximum Gasteiger partial charge on any atom is 0.231 e. The Morgan fingerprint density at radius 3 is 2.43 bits per heavy atom. The number of ether oxygens (including phenoxy) is 2. The third-order valence-corrected chi connectivity index (χ3v) is 3.63. The third-order valence-electron chi connectivity index (χ3n) is 3.63. The maximum atomic E-state index is 12.4. The van der Waals surface area contributed by atoms with E-state index in [9.17, 15) is 4.79 Å². The highest BCUT2D eigenvalue weighted by Gasteiger charge is 2.29. The minimum Gasteiger partial charge on any atom is -0.496 e. The molecule has 0 amide bonds. The highest BCUT2D eigenvalue weighted by Crippen LogP contribution is 2.39. The Hall–Kier alpha value is -2.55. The van der Waals surface area contributed by atoms with Crippen molar-refractivity contribution < 1.29 is 14.3 Å². The molecule has 0 aliphatic carbocycles. The van der Waals surface area contributed by atoms with Crippen LogP contribution in [0.2, 0.25) is 0 Å². The number of fused-ring (bicyclic) bond motifs is 1. The predicted molar refractivity (Wildman–Crippen MR) is 81.8 cm³/mol. The summed E-state index contributed by atoms with van der Waals surface area (Å²) in [4.78, 5) is 12.4. The summed E-state index contributed by atoms with van der Waals surface area (Å²) in [7, 11) is 1.61. The van der Waals surface area contributed by atoms with Gasteiger partial charge in [-0.3, -0.25) is 4.79 Å². The summed E-state index contributed by atoms with van der Waals surface area (Å²) in [5.41, 5.74) is 3.56. The van der Waals surface area contributed by atoms with E-state index in [-0.39, 0.29) is 5.78 Å². The lowest BCUT2D eigenvalue weighted by Gasteiger charge is -2.07. The van der Waals surface area contributed by atoms with Gasteiger partial charge in [0.05, 0.1) is 12.7 Å². The first-order valence-electron chi connectivity index (χ1n) is 6.78. The fourth-order valence-electron chi connectivity index (χ4n) is 2.40. The van der Waals surface area contributed by atoms with Crippen LogP contribution in [-0.2, 0) is 0 Å². The van der Waals surface area contributed by atoms with Crippen LogP contribution in [0.25, 0.3) is 6.08 Å². The molecule has 0 saturated heterocycles. The van der Waals surface area contributed by atoms with Crippen molar-refractivity contribution in [3.63, 3.8) is 0 Å². The van der Waals surface area contributed by atoms with Gasteiger partial charge < -0.3 is 9.47 Å². The molecule has 3 nitrogen and oxygen atoms in total. The van der Waals surface area contributed by atoms with Gasteiger partial charge in [-0.15, -0.1) is 0 Å². The van der Waals surface area contributed by atoms with Crippen LogP contribution in [0, 0.1) is 13.8 Å². The number of allylic oxidation sites excluding steroid dienone is 1. The van der Waals surface area contributed by atoms with E-state index < -0.39 is 0 Å². The van der Waals surface area contributed by atoms with Crippen molar-refractivity contribution in [2.75, 3.05) is 7.11 Å². The zero-order valence-electron chi connectivity index (χ0n) is 12.3. The van der Waals surface area contributed by atoms with Crippen molar-refractivity contribution in [3.05, 3.63) is 64.4 Å². The molecule has 0 fully saturated rings. The summed E-state index contributed by atoms with van der Waals surface area (Å²) in [6, 6.07) is 11.5. The van der Waals surface area contributed by atoms with Crippen LogP contribution in [0.5, 0.6) is 11.5 Å². The van der Waals surface area contributed by atoms with Crippen LogP contribution in [0.3, 0.4) is 0 Å². The fraction of sp³-hybridized carbons (Fsp3) is 0.167. The number of carbonyl (C=O) groups excluding carboxylic acids is 1. The van der Waals surface area contributed by atoms with Crippen LogP contribution < -0.4 is 9.47 Å². The van der Waals surface area contributed by atoms with Gasteiger partial charge in [-0.05, 0) is 37.6 Å². The Kier molecular flexibility index (Phi) is 3.26. The van der Waals surface area contributed by atoms with Crippen LogP contribution in [0.1, 0.15) is 27.0 Å². The molecule has 0 radical (unpaired) electrons. The summed E-state index contributed by atoms with van der Waals surface area (Å²) >= 11 is 0. The molecule has 0 unspecified atom stereocenters. The van der Waals surface area contributed by atoms with Crippen molar-refractivity contribution in [2.24, 2.45) is 0 Å². The van der Waals surface area contributed by atoms with Crippen molar-refractivity contribution in [3.8, 4) is 11.5 Å². The summed E-state index contributed by atoms with van der Waals surface area (Å²) in [5.74, 6) is 1.58. The first-order valence-corrected chi connectivity index (χ1v) is 6.78. The second-order valence-electron chi connectivity index (χ2n) is 5.12. The van der Waals surface area contributed by atoms with E-state index in [2.05, 4.69) is 0 Å². The number of hydrogen-bond donors (Lipinski definition) is 0. The minimum absolute atomic E-state index is 0.0867. The molecule has 0 saturated carbocycles. The van der Waals surface area contributed by atoms with E-state index in [1.54, 1.807) is 25.3 Å². The molecule has 21 heavy (non-hydrogen) atoms. The first kappa shape index (κ1) is 13.4. The Bertz CT molecular complexity index is 740. The molecule has 1 heterocycles. The Morgan fingerprint density at radius 2 is 1.76 bits per heavy atom. The molecule has 1 aliphatic heterocycles. The van der Waals surface area contributed by atoms with Crippen LogP contribution in [0.15, 0.2) is 42.2 Å². The SMILES string of the molecule is COc1ccc2c(c1C)O/C(=C\c1ccc(C)cc1)C2=O. The topological polar surface area (TPSA) is 35.5 Å². The molecule has 3 heteroatoms.